The lowest BCUT2D eigenvalue weighted by Crippen LogP contribution is -2.07. The highest BCUT2D eigenvalue weighted by Gasteiger charge is 2.17. The fourth-order valence-corrected chi connectivity index (χ4v) is 2.84. The predicted molar refractivity (Wildman–Crippen MR) is 77.7 cm³/mol. The summed E-state index contributed by atoms with van der Waals surface area (Å²) in [6.45, 7) is 2.69. The van der Waals surface area contributed by atoms with Crippen LogP contribution in [0.25, 0.3) is 0 Å². The molecule has 1 aliphatic rings. The smallest absolute Gasteiger partial charge is 0.101 e. The second-order valence-corrected chi connectivity index (χ2v) is 5.97. The Morgan fingerprint density at radius 1 is 1.40 bits per heavy atom. The Labute approximate surface area is 123 Å². The Morgan fingerprint density at radius 2 is 2.20 bits per heavy atom. The van der Waals surface area contributed by atoms with Crippen molar-refractivity contribution in [1.82, 2.24) is 24.8 Å². The minimum absolute atomic E-state index is 0.0557. The number of alkyl halides is 1. The Hall–Kier alpha value is -1.36. The molecule has 20 heavy (non-hydrogen) atoms. The van der Waals surface area contributed by atoms with Crippen molar-refractivity contribution < 1.29 is 0 Å². The van der Waals surface area contributed by atoms with Gasteiger partial charge in [0.1, 0.15) is 5.69 Å². The number of hydrogen-bond donors (Lipinski definition) is 0. The van der Waals surface area contributed by atoms with Crippen molar-refractivity contribution in [1.29, 1.82) is 0 Å². The van der Waals surface area contributed by atoms with Crippen molar-refractivity contribution in [2.45, 2.75) is 57.0 Å². The lowest BCUT2D eigenvalue weighted by atomic mass is 10.3. The molecule has 2 aromatic rings. The Balaban J connectivity index is 1.66. The first-order valence-electron chi connectivity index (χ1n) is 7.34. The van der Waals surface area contributed by atoms with E-state index < -0.39 is 0 Å². The number of nitrogens with zero attached hydrogens (tertiary/aromatic N) is 5. The zero-order valence-electron chi connectivity index (χ0n) is 11.7. The monoisotopic (exact) mass is 293 g/mol. The van der Waals surface area contributed by atoms with Crippen LogP contribution in [0, 0.1) is 0 Å². The summed E-state index contributed by atoms with van der Waals surface area (Å²) in [4.78, 5) is 0. The van der Waals surface area contributed by atoms with E-state index in [1.807, 2.05) is 17.8 Å². The van der Waals surface area contributed by atoms with Gasteiger partial charge in [0.25, 0.3) is 0 Å². The molecule has 1 aliphatic carbocycles. The number of halogens is 1. The minimum atomic E-state index is -0.0557. The molecule has 0 aliphatic heterocycles. The lowest BCUT2D eigenvalue weighted by Gasteiger charge is -2.08. The van der Waals surface area contributed by atoms with E-state index in [2.05, 4.69) is 32.4 Å². The molecule has 1 atom stereocenters. The van der Waals surface area contributed by atoms with Gasteiger partial charge >= 0.3 is 0 Å². The van der Waals surface area contributed by atoms with E-state index in [-0.39, 0.29) is 5.38 Å². The van der Waals surface area contributed by atoms with E-state index >= 15 is 0 Å². The molecule has 0 radical (unpaired) electrons. The zero-order chi connectivity index (χ0) is 13.9. The molecule has 1 saturated carbocycles. The van der Waals surface area contributed by atoms with E-state index in [0.717, 1.165) is 17.8 Å². The molecule has 2 heterocycles. The molecule has 3 rings (SSSR count). The molecule has 0 saturated heterocycles. The van der Waals surface area contributed by atoms with Crippen molar-refractivity contribution in [2.75, 3.05) is 0 Å². The maximum Gasteiger partial charge on any atom is 0.101 e. The highest BCUT2D eigenvalue weighted by molar-refractivity contribution is 6.20. The second-order valence-electron chi connectivity index (χ2n) is 5.44. The van der Waals surface area contributed by atoms with Crippen LogP contribution in [0.1, 0.15) is 61.8 Å². The lowest BCUT2D eigenvalue weighted by molar-refractivity contribution is 0.460. The first-order chi connectivity index (χ1) is 9.76. The zero-order valence-corrected chi connectivity index (χ0v) is 12.5. The summed E-state index contributed by atoms with van der Waals surface area (Å²) in [6.07, 6.45) is 9.99. The van der Waals surface area contributed by atoms with Gasteiger partial charge in [-0.15, -0.1) is 16.7 Å². The quantitative estimate of drug-likeness (QED) is 0.795. The van der Waals surface area contributed by atoms with Crippen molar-refractivity contribution in [2.24, 2.45) is 0 Å². The molecule has 0 N–H and O–H groups in total. The predicted octanol–water partition coefficient (Wildman–Crippen LogP) is 3.33. The first-order valence-corrected chi connectivity index (χ1v) is 7.78. The second kappa shape index (κ2) is 5.95. The third-order valence-electron chi connectivity index (χ3n) is 3.92. The van der Waals surface area contributed by atoms with Crippen LogP contribution in [0.15, 0.2) is 18.5 Å². The van der Waals surface area contributed by atoms with Crippen LogP contribution < -0.4 is 0 Å². The molecular formula is C14H20ClN5. The molecule has 2 aromatic heterocycles. The maximum absolute atomic E-state index is 6.16. The van der Waals surface area contributed by atoms with E-state index in [0.29, 0.717) is 12.6 Å². The minimum Gasteiger partial charge on any atom is -0.269 e. The van der Waals surface area contributed by atoms with Gasteiger partial charge in [-0.2, -0.15) is 5.10 Å². The van der Waals surface area contributed by atoms with E-state index in [1.165, 1.54) is 25.7 Å². The number of aromatic nitrogens is 5. The summed E-state index contributed by atoms with van der Waals surface area (Å²) in [5.74, 6) is 0. The average Bonchev–Trinajstić information content (AvgIpc) is 3.19. The molecule has 108 valence electrons. The molecule has 6 heteroatoms. The Kier molecular flexibility index (Phi) is 4.05. The maximum atomic E-state index is 6.16. The molecule has 1 unspecified atom stereocenters. The summed E-state index contributed by atoms with van der Waals surface area (Å²) in [5, 5.41) is 12.8. The van der Waals surface area contributed by atoms with Gasteiger partial charge in [-0.05, 0) is 25.3 Å². The fraction of sp³-hybridized carbons (Fsp3) is 0.643. The first kappa shape index (κ1) is 13.6. The van der Waals surface area contributed by atoms with Crippen LogP contribution in [-0.2, 0) is 6.54 Å². The average molecular weight is 294 g/mol. The van der Waals surface area contributed by atoms with Crippen LogP contribution in [0.4, 0.5) is 0 Å². The molecule has 0 bridgehead atoms. The van der Waals surface area contributed by atoms with Crippen LogP contribution >= 0.6 is 11.6 Å². The summed E-state index contributed by atoms with van der Waals surface area (Å²) in [6, 6.07) is 2.65. The van der Waals surface area contributed by atoms with Gasteiger partial charge < -0.3 is 0 Å². The van der Waals surface area contributed by atoms with Gasteiger partial charge in [0, 0.05) is 6.20 Å². The van der Waals surface area contributed by atoms with Gasteiger partial charge in [0.05, 0.1) is 29.9 Å². The molecule has 1 fully saturated rings. The van der Waals surface area contributed by atoms with Crippen molar-refractivity contribution in [3.05, 3.63) is 29.8 Å². The fourth-order valence-electron chi connectivity index (χ4n) is 2.74. The topological polar surface area (TPSA) is 48.5 Å². The number of hydrogen-bond acceptors (Lipinski definition) is 3. The summed E-state index contributed by atoms with van der Waals surface area (Å²) in [7, 11) is 0. The largest absolute Gasteiger partial charge is 0.269 e. The van der Waals surface area contributed by atoms with E-state index in [4.69, 9.17) is 11.6 Å². The van der Waals surface area contributed by atoms with Gasteiger partial charge in [-0.25, -0.2) is 4.68 Å². The van der Waals surface area contributed by atoms with Crippen LogP contribution in [0.5, 0.6) is 0 Å². The molecule has 0 amide bonds. The van der Waals surface area contributed by atoms with Gasteiger partial charge in [0.2, 0.25) is 0 Å². The molecular weight excluding hydrogens is 274 g/mol. The Bertz CT molecular complexity index is 555. The van der Waals surface area contributed by atoms with Crippen molar-refractivity contribution in [3.8, 4) is 0 Å². The third-order valence-corrected chi connectivity index (χ3v) is 4.45. The van der Waals surface area contributed by atoms with Crippen LogP contribution in [0.3, 0.4) is 0 Å². The summed E-state index contributed by atoms with van der Waals surface area (Å²) in [5.41, 5.74) is 1.86. The SMILES string of the molecule is CCC(Cl)c1cn(Cc2ccn(C3CCCC3)n2)nn1. The highest BCUT2D eigenvalue weighted by atomic mass is 35.5. The van der Waals surface area contributed by atoms with Gasteiger partial charge in [-0.1, -0.05) is 25.0 Å². The van der Waals surface area contributed by atoms with Gasteiger partial charge in [0.15, 0.2) is 0 Å². The standard InChI is InChI=1S/C14H20ClN5/c1-2-13(15)14-10-19(18-16-14)9-11-7-8-20(17-11)12-5-3-4-6-12/h7-8,10,12-13H,2-6,9H2,1H3. The Morgan fingerprint density at radius 3 is 2.95 bits per heavy atom. The number of rotatable bonds is 5. The molecule has 0 aromatic carbocycles. The third kappa shape index (κ3) is 2.87. The summed E-state index contributed by atoms with van der Waals surface area (Å²) >= 11 is 6.16. The normalized spacial score (nSPS) is 17.7. The van der Waals surface area contributed by atoms with E-state index in [1.54, 1.807) is 0 Å². The van der Waals surface area contributed by atoms with Crippen molar-refractivity contribution >= 4 is 11.6 Å². The molecule has 0 spiro atoms. The van der Waals surface area contributed by atoms with Crippen LogP contribution in [0.2, 0.25) is 0 Å². The van der Waals surface area contributed by atoms with Gasteiger partial charge in [-0.3, -0.25) is 4.68 Å². The highest BCUT2D eigenvalue weighted by Crippen LogP contribution is 2.28. The van der Waals surface area contributed by atoms with Crippen molar-refractivity contribution in [3.63, 3.8) is 0 Å². The van der Waals surface area contributed by atoms with Crippen LogP contribution in [-0.4, -0.2) is 24.8 Å². The molecule has 5 nitrogen and oxygen atoms in total. The summed E-state index contributed by atoms with van der Waals surface area (Å²) < 4.78 is 3.91. The van der Waals surface area contributed by atoms with E-state index in [9.17, 15) is 0 Å².